The van der Waals surface area contributed by atoms with Gasteiger partial charge in [-0.2, -0.15) is 9.37 Å². The van der Waals surface area contributed by atoms with Gasteiger partial charge < -0.3 is 14.8 Å². The average molecular weight is 296 g/mol. The Balaban J connectivity index is 1.79. The molecular formula is C14H11F3N2O2. The van der Waals surface area contributed by atoms with Gasteiger partial charge in [0.15, 0.2) is 29.0 Å². The first-order valence-electron chi connectivity index (χ1n) is 6.19. The molecule has 0 bridgehead atoms. The maximum Gasteiger partial charge on any atom is 0.251 e. The number of hydrogen-bond acceptors (Lipinski definition) is 4. The summed E-state index contributed by atoms with van der Waals surface area (Å²) in [5.41, 5.74) is 0.360. The Labute approximate surface area is 118 Å². The summed E-state index contributed by atoms with van der Waals surface area (Å²) in [7, 11) is 0. The van der Waals surface area contributed by atoms with Gasteiger partial charge in [0.25, 0.3) is 5.95 Å². The maximum atomic E-state index is 13.8. The van der Waals surface area contributed by atoms with Crippen LogP contribution >= 0.6 is 0 Å². The number of rotatable bonds is 3. The largest absolute Gasteiger partial charge is 0.454 e. The number of fused-ring (bicyclic) bond motifs is 1. The quantitative estimate of drug-likeness (QED) is 0.884. The number of pyridine rings is 1. The number of aromatic nitrogens is 1. The zero-order valence-electron chi connectivity index (χ0n) is 11.0. The topological polar surface area (TPSA) is 43.4 Å². The van der Waals surface area contributed by atoms with Crippen LogP contribution in [0.2, 0.25) is 0 Å². The van der Waals surface area contributed by atoms with E-state index in [0.717, 1.165) is 12.5 Å². The van der Waals surface area contributed by atoms with Gasteiger partial charge in [0.1, 0.15) is 0 Å². The lowest BCUT2D eigenvalue weighted by atomic mass is 10.2. The Morgan fingerprint density at radius 3 is 2.71 bits per heavy atom. The predicted octanol–water partition coefficient (Wildman–Crippen LogP) is 3.15. The molecule has 0 amide bonds. The Hall–Kier alpha value is -2.44. The molecule has 0 unspecified atom stereocenters. The van der Waals surface area contributed by atoms with Crippen molar-refractivity contribution in [2.24, 2.45) is 0 Å². The molecule has 0 aliphatic carbocycles. The Bertz CT molecular complexity index is 707. The SMILES string of the molecule is Cc1c(F)c(F)nc(NCc2ccc3c(c2)OCO3)c1F. The maximum absolute atomic E-state index is 13.8. The highest BCUT2D eigenvalue weighted by Gasteiger charge is 2.17. The minimum atomic E-state index is -1.33. The van der Waals surface area contributed by atoms with Crippen LogP contribution in [0.5, 0.6) is 11.5 Å². The summed E-state index contributed by atoms with van der Waals surface area (Å²) < 4.78 is 50.5. The first-order chi connectivity index (χ1) is 10.1. The lowest BCUT2D eigenvalue weighted by Gasteiger charge is -2.09. The number of nitrogens with zero attached hydrogens (tertiary/aromatic N) is 1. The van der Waals surface area contributed by atoms with E-state index in [1.54, 1.807) is 18.2 Å². The molecule has 110 valence electrons. The Kier molecular flexibility index (Phi) is 3.32. The summed E-state index contributed by atoms with van der Waals surface area (Å²) in [5, 5.41) is 2.64. The van der Waals surface area contributed by atoms with Gasteiger partial charge in [0.2, 0.25) is 6.79 Å². The lowest BCUT2D eigenvalue weighted by molar-refractivity contribution is 0.174. The summed E-state index contributed by atoms with van der Waals surface area (Å²) in [6, 6.07) is 5.20. The van der Waals surface area contributed by atoms with Crippen molar-refractivity contribution in [2.75, 3.05) is 12.1 Å². The van der Waals surface area contributed by atoms with E-state index >= 15 is 0 Å². The van der Waals surface area contributed by atoms with E-state index in [4.69, 9.17) is 9.47 Å². The minimum absolute atomic E-state index is 0.158. The number of halogens is 3. The van der Waals surface area contributed by atoms with Crippen LogP contribution in [0.4, 0.5) is 19.0 Å². The van der Waals surface area contributed by atoms with Crippen molar-refractivity contribution in [1.82, 2.24) is 4.98 Å². The third kappa shape index (κ3) is 2.46. The number of hydrogen-bond donors (Lipinski definition) is 1. The highest BCUT2D eigenvalue weighted by Crippen LogP contribution is 2.32. The molecule has 21 heavy (non-hydrogen) atoms. The fourth-order valence-electron chi connectivity index (χ4n) is 1.98. The van der Waals surface area contributed by atoms with Crippen molar-refractivity contribution >= 4 is 5.82 Å². The molecule has 0 atom stereocenters. The summed E-state index contributed by atoms with van der Waals surface area (Å²) in [6.07, 6.45) is 0. The van der Waals surface area contributed by atoms with Crippen LogP contribution < -0.4 is 14.8 Å². The van der Waals surface area contributed by atoms with Gasteiger partial charge in [0, 0.05) is 12.1 Å². The second-order valence-electron chi connectivity index (χ2n) is 4.55. The van der Waals surface area contributed by atoms with E-state index < -0.39 is 23.1 Å². The van der Waals surface area contributed by atoms with E-state index in [0.29, 0.717) is 11.5 Å². The van der Waals surface area contributed by atoms with Crippen LogP contribution in [0.1, 0.15) is 11.1 Å². The first kappa shape index (κ1) is 13.5. The Morgan fingerprint density at radius 1 is 1.14 bits per heavy atom. The molecule has 7 heteroatoms. The zero-order valence-corrected chi connectivity index (χ0v) is 11.0. The van der Waals surface area contributed by atoms with E-state index in [2.05, 4.69) is 10.3 Å². The van der Waals surface area contributed by atoms with E-state index in [-0.39, 0.29) is 19.2 Å². The van der Waals surface area contributed by atoms with Gasteiger partial charge >= 0.3 is 0 Å². The Morgan fingerprint density at radius 2 is 1.90 bits per heavy atom. The third-order valence-electron chi connectivity index (χ3n) is 3.15. The zero-order chi connectivity index (χ0) is 15.0. The van der Waals surface area contributed by atoms with Crippen LogP contribution in [0.25, 0.3) is 0 Å². The molecule has 0 spiro atoms. The summed E-state index contributed by atoms with van der Waals surface area (Å²) in [4.78, 5) is 3.24. The number of anilines is 1. The van der Waals surface area contributed by atoms with Crippen molar-refractivity contribution in [3.63, 3.8) is 0 Å². The van der Waals surface area contributed by atoms with Gasteiger partial charge in [-0.25, -0.2) is 8.78 Å². The van der Waals surface area contributed by atoms with Crippen molar-refractivity contribution in [1.29, 1.82) is 0 Å². The number of benzene rings is 1. The molecule has 1 aromatic heterocycles. The van der Waals surface area contributed by atoms with Crippen LogP contribution in [-0.4, -0.2) is 11.8 Å². The third-order valence-corrected chi connectivity index (χ3v) is 3.15. The monoisotopic (exact) mass is 296 g/mol. The second kappa shape index (κ2) is 5.16. The minimum Gasteiger partial charge on any atom is -0.454 e. The van der Waals surface area contributed by atoms with Gasteiger partial charge in [-0.15, -0.1) is 0 Å². The van der Waals surface area contributed by atoms with Gasteiger partial charge in [-0.3, -0.25) is 0 Å². The van der Waals surface area contributed by atoms with Gasteiger partial charge in [-0.1, -0.05) is 6.07 Å². The highest BCUT2D eigenvalue weighted by atomic mass is 19.2. The van der Waals surface area contributed by atoms with E-state index in [1.807, 2.05) is 0 Å². The molecule has 0 saturated carbocycles. The molecule has 0 fully saturated rings. The van der Waals surface area contributed by atoms with E-state index in [1.165, 1.54) is 0 Å². The molecule has 1 N–H and O–H groups in total. The van der Waals surface area contributed by atoms with Crippen molar-refractivity contribution < 1.29 is 22.6 Å². The normalized spacial score (nSPS) is 12.6. The lowest BCUT2D eigenvalue weighted by Crippen LogP contribution is -2.08. The van der Waals surface area contributed by atoms with Crippen LogP contribution in [0.15, 0.2) is 18.2 Å². The molecule has 2 aromatic rings. The van der Waals surface area contributed by atoms with Crippen molar-refractivity contribution in [3.8, 4) is 11.5 Å². The standard InChI is InChI=1S/C14H11F3N2O2/c1-7-11(15)13(17)19-14(12(7)16)18-5-8-2-3-9-10(4-8)21-6-20-9/h2-4H,5-6H2,1H3,(H,18,19). The molecule has 4 nitrogen and oxygen atoms in total. The van der Waals surface area contributed by atoms with E-state index in [9.17, 15) is 13.2 Å². The number of nitrogens with one attached hydrogen (secondary N) is 1. The van der Waals surface area contributed by atoms with Crippen LogP contribution in [0.3, 0.4) is 0 Å². The molecule has 0 radical (unpaired) electrons. The molecular weight excluding hydrogens is 285 g/mol. The highest BCUT2D eigenvalue weighted by molar-refractivity contribution is 5.46. The van der Waals surface area contributed by atoms with Crippen LogP contribution in [-0.2, 0) is 6.54 Å². The van der Waals surface area contributed by atoms with Gasteiger partial charge in [0.05, 0.1) is 0 Å². The van der Waals surface area contributed by atoms with Crippen LogP contribution in [0, 0.1) is 24.5 Å². The predicted molar refractivity (Wildman–Crippen MR) is 68.7 cm³/mol. The molecule has 1 aliphatic heterocycles. The summed E-state index contributed by atoms with van der Waals surface area (Å²) in [6.45, 7) is 1.50. The molecule has 1 aliphatic rings. The summed E-state index contributed by atoms with van der Waals surface area (Å²) >= 11 is 0. The summed E-state index contributed by atoms with van der Waals surface area (Å²) in [5.74, 6) is -2.63. The van der Waals surface area contributed by atoms with Gasteiger partial charge in [-0.05, 0) is 24.6 Å². The first-order valence-corrected chi connectivity index (χ1v) is 6.19. The van der Waals surface area contributed by atoms with Crippen molar-refractivity contribution in [3.05, 3.63) is 46.9 Å². The molecule has 2 heterocycles. The molecule has 3 rings (SSSR count). The fourth-order valence-corrected chi connectivity index (χ4v) is 1.98. The molecule has 0 saturated heterocycles. The smallest absolute Gasteiger partial charge is 0.251 e. The number of ether oxygens (including phenoxy) is 2. The average Bonchev–Trinajstić information content (AvgIpc) is 2.95. The fraction of sp³-hybridized carbons (Fsp3) is 0.214. The van der Waals surface area contributed by atoms with Crippen molar-refractivity contribution in [2.45, 2.75) is 13.5 Å². The second-order valence-corrected chi connectivity index (χ2v) is 4.55. The molecule has 1 aromatic carbocycles.